The second-order valence-electron chi connectivity index (χ2n) is 5.35. The summed E-state index contributed by atoms with van der Waals surface area (Å²) in [6.45, 7) is 5.33. The minimum atomic E-state index is -0.234. The van der Waals surface area contributed by atoms with Gasteiger partial charge in [0.1, 0.15) is 0 Å². The summed E-state index contributed by atoms with van der Waals surface area (Å²) in [6, 6.07) is 8.60. The summed E-state index contributed by atoms with van der Waals surface area (Å²) in [4.78, 5) is 2.10. The van der Waals surface area contributed by atoms with Gasteiger partial charge >= 0.3 is 0 Å². The van der Waals surface area contributed by atoms with Crippen molar-refractivity contribution in [2.75, 3.05) is 20.6 Å². The first-order chi connectivity index (χ1) is 7.99. The van der Waals surface area contributed by atoms with Gasteiger partial charge in [0.25, 0.3) is 0 Å². The fourth-order valence-electron chi connectivity index (χ4n) is 1.82. The maximum absolute atomic E-state index is 9.90. The van der Waals surface area contributed by atoms with E-state index < -0.39 is 0 Å². The predicted molar refractivity (Wildman–Crippen MR) is 73.4 cm³/mol. The molecule has 1 N–H and O–H groups in total. The van der Waals surface area contributed by atoms with Gasteiger partial charge < -0.3 is 10.0 Å². The Labute approximate surface area is 105 Å². The van der Waals surface area contributed by atoms with Crippen LogP contribution in [0, 0.1) is 0 Å². The summed E-state index contributed by atoms with van der Waals surface area (Å²) in [7, 11) is 4.06. The molecule has 0 bridgehead atoms. The van der Waals surface area contributed by atoms with Crippen molar-refractivity contribution in [3.05, 3.63) is 35.4 Å². The van der Waals surface area contributed by atoms with Crippen molar-refractivity contribution in [3.8, 4) is 0 Å². The van der Waals surface area contributed by atoms with Crippen molar-refractivity contribution in [2.24, 2.45) is 0 Å². The highest BCUT2D eigenvalue weighted by molar-refractivity contribution is 5.25. The summed E-state index contributed by atoms with van der Waals surface area (Å²) in [6.07, 6.45) is 1.35. The molecule has 0 aliphatic carbocycles. The monoisotopic (exact) mass is 235 g/mol. The van der Waals surface area contributed by atoms with Crippen molar-refractivity contribution >= 4 is 0 Å². The molecule has 0 aliphatic heterocycles. The van der Waals surface area contributed by atoms with Gasteiger partial charge in [-0.1, -0.05) is 38.1 Å². The Morgan fingerprint density at radius 2 is 1.71 bits per heavy atom. The largest absolute Gasteiger partial charge is 0.393 e. The number of aliphatic hydroxyl groups excluding tert-OH is 1. The van der Waals surface area contributed by atoms with Crippen molar-refractivity contribution in [3.63, 3.8) is 0 Å². The Hall–Kier alpha value is -0.860. The quantitative estimate of drug-likeness (QED) is 0.819. The molecule has 1 atom stereocenters. The summed E-state index contributed by atoms with van der Waals surface area (Å²) >= 11 is 0. The molecule has 17 heavy (non-hydrogen) atoms. The first-order valence-electron chi connectivity index (χ1n) is 6.40. The van der Waals surface area contributed by atoms with E-state index in [0.29, 0.717) is 5.92 Å². The van der Waals surface area contributed by atoms with Gasteiger partial charge in [0.2, 0.25) is 0 Å². The van der Waals surface area contributed by atoms with Crippen LogP contribution in [-0.2, 0) is 6.42 Å². The third-order valence-corrected chi connectivity index (χ3v) is 3.03. The lowest BCUT2D eigenvalue weighted by Gasteiger charge is -2.14. The smallest absolute Gasteiger partial charge is 0.0592 e. The molecule has 0 saturated heterocycles. The van der Waals surface area contributed by atoms with E-state index in [1.165, 1.54) is 11.1 Å². The van der Waals surface area contributed by atoms with Crippen LogP contribution in [-0.4, -0.2) is 36.8 Å². The molecule has 0 heterocycles. The number of hydrogen-bond donors (Lipinski definition) is 1. The molecule has 2 nitrogen and oxygen atoms in total. The maximum Gasteiger partial charge on any atom is 0.0592 e. The zero-order valence-electron chi connectivity index (χ0n) is 11.5. The highest BCUT2D eigenvalue weighted by atomic mass is 16.3. The van der Waals surface area contributed by atoms with Gasteiger partial charge in [-0.3, -0.25) is 0 Å². The lowest BCUT2D eigenvalue weighted by molar-refractivity contribution is 0.152. The summed E-state index contributed by atoms with van der Waals surface area (Å²) in [5.41, 5.74) is 2.58. The van der Waals surface area contributed by atoms with Gasteiger partial charge in [0, 0.05) is 0 Å². The van der Waals surface area contributed by atoms with Gasteiger partial charge in [-0.15, -0.1) is 0 Å². The van der Waals surface area contributed by atoms with Crippen LogP contribution in [0.2, 0.25) is 0 Å². The van der Waals surface area contributed by atoms with Crippen molar-refractivity contribution in [1.29, 1.82) is 0 Å². The molecule has 1 unspecified atom stereocenters. The number of rotatable bonds is 6. The summed E-state index contributed by atoms with van der Waals surface area (Å²) < 4.78 is 0. The Kier molecular flexibility index (Phi) is 5.66. The Morgan fingerprint density at radius 3 is 2.18 bits per heavy atom. The molecule has 0 aliphatic rings. The van der Waals surface area contributed by atoms with Crippen LogP contribution >= 0.6 is 0 Å². The Bertz CT molecular complexity index is 316. The number of hydrogen-bond acceptors (Lipinski definition) is 2. The molecule has 2 heteroatoms. The molecule has 0 radical (unpaired) electrons. The van der Waals surface area contributed by atoms with Gasteiger partial charge in [-0.05, 0) is 50.5 Å². The molecule has 0 spiro atoms. The Balaban J connectivity index is 2.45. The lowest BCUT2D eigenvalue weighted by Crippen LogP contribution is -2.20. The second-order valence-corrected chi connectivity index (χ2v) is 5.35. The number of aliphatic hydroxyl groups is 1. The third kappa shape index (κ3) is 5.33. The fourth-order valence-corrected chi connectivity index (χ4v) is 1.82. The second kappa shape index (κ2) is 6.77. The van der Waals surface area contributed by atoms with Crippen molar-refractivity contribution in [1.82, 2.24) is 4.90 Å². The standard InChI is InChI=1S/C15H25NO/c1-12(2)14-7-5-13(6-8-14)11-15(17)9-10-16(3)4/h5-8,12,15,17H,9-11H2,1-4H3. The van der Waals surface area contributed by atoms with Crippen LogP contribution in [0.4, 0.5) is 0 Å². The van der Waals surface area contributed by atoms with E-state index in [-0.39, 0.29) is 6.10 Å². The molecule has 0 saturated carbocycles. The normalized spacial score (nSPS) is 13.4. The van der Waals surface area contributed by atoms with Crippen LogP contribution in [0.3, 0.4) is 0 Å². The average molecular weight is 235 g/mol. The maximum atomic E-state index is 9.90. The summed E-state index contributed by atoms with van der Waals surface area (Å²) in [5.74, 6) is 0.572. The highest BCUT2D eigenvalue weighted by Gasteiger charge is 2.06. The van der Waals surface area contributed by atoms with Crippen molar-refractivity contribution in [2.45, 2.75) is 38.7 Å². The van der Waals surface area contributed by atoms with Crippen LogP contribution in [0.25, 0.3) is 0 Å². The SMILES string of the molecule is CC(C)c1ccc(CC(O)CCN(C)C)cc1. The minimum absolute atomic E-state index is 0.234. The third-order valence-electron chi connectivity index (χ3n) is 3.03. The molecule has 1 aromatic rings. The van der Waals surface area contributed by atoms with Crippen LogP contribution in [0.1, 0.15) is 37.3 Å². The van der Waals surface area contributed by atoms with E-state index in [2.05, 4.69) is 43.0 Å². The molecule has 0 aromatic heterocycles. The van der Waals surface area contributed by atoms with Crippen LogP contribution in [0.15, 0.2) is 24.3 Å². The first kappa shape index (κ1) is 14.2. The molecule has 0 amide bonds. The van der Waals surface area contributed by atoms with Gasteiger partial charge in [-0.2, -0.15) is 0 Å². The molecule has 1 rings (SSSR count). The number of nitrogens with zero attached hydrogens (tertiary/aromatic N) is 1. The minimum Gasteiger partial charge on any atom is -0.393 e. The Morgan fingerprint density at radius 1 is 1.12 bits per heavy atom. The molecular formula is C15H25NO. The lowest BCUT2D eigenvalue weighted by atomic mass is 9.99. The average Bonchev–Trinajstić information content (AvgIpc) is 2.27. The topological polar surface area (TPSA) is 23.5 Å². The van der Waals surface area contributed by atoms with Gasteiger partial charge in [0.15, 0.2) is 0 Å². The zero-order valence-corrected chi connectivity index (χ0v) is 11.5. The zero-order chi connectivity index (χ0) is 12.8. The molecular weight excluding hydrogens is 210 g/mol. The van der Waals surface area contributed by atoms with E-state index in [9.17, 15) is 5.11 Å². The molecule has 1 aromatic carbocycles. The highest BCUT2D eigenvalue weighted by Crippen LogP contribution is 2.15. The van der Waals surface area contributed by atoms with Crippen LogP contribution in [0.5, 0.6) is 0 Å². The predicted octanol–water partition coefficient (Wildman–Crippen LogP) is 2.67. The first-order valence-corrected chi connectivity index (χ1v) is 6.40. The van der Waals surface area contributed by atoms with Gasteiger partial charge in [0.05, 0.1) is 6.10 Å². The molecule has 96 valence electrons. The molecule has 0 fully saturated rings. The van der Waals surface area contributed by atoms with E-state index in [0.717, 1.165) is 19.4 Å². The summed E-state index contributed by atoms with van der Waals surface area (Å²) in [5, 5.41) is 9.90. The van der Waals surface area contributed by atoms with E-state index in [1.54, 1.807) is 0 Å². The van der Waals surface area contributed by atoms with Crippen molar-refractivity contribution < 1.29 is 5.11 Å². The van der Waals surface area contributed by atoms with Gasteiger partial charge in [-0.25, -0.2) is 0 Å². The number of benzene rings is 1. The van der Waals surface area contributed by atoms with Crippen LogP contribution < -0.4 is 0 Å². The fraction of sp³-hybridized carbons (Fsp3) is 0.600. The van der Waals surface area contributed by atoms with E-state index >= 15 is 0 Å². The van der Waals surface area contributed by atoms with E-state index in [1.807, 2.05) is 14.1 Å². The van der Waals surface area contributed by atoms with E-state index in [4.69, 9.17) is 0 Å².